The van der Waals surface area contributed by atoms with Crippen LogP contribution in [0.4, 0.5) is 11.4 Å². The number of aryl methyl sites for hydroxylation is 1. The van der Waals surface area contributed by atoms with Crippen molar-refractivity contribution in [2.75, 3.05) is 25.5 Å². The first-order valence-corrected chi connectivity index (χ1v) is 8.95. The summed E-state index contributed by atoms with van der Waals surface area (Å²) in [5, 5.41) is 13.8. The number of ether oxygens (including phenoxy) is 1. The third-order valence-electron chi connectivity index (χ3n) is 3.44. The summed E-state index contributed by atoms with van der Waals surface area (Å²) in [7, 11) is -2.35. The smallest absolute Gasteiger partial charge is 0.292 e. The fourth-order valence-electron chi connectivity index (χ4n) is 2.24. The summed E-state index contributed by atoms with van der Waals surface area (Å²) in [6, 6.07) is 11.0. The molecule has 0 atom stereocenters. The Morgan fingerprint density at radius 3 is 2.56 bits per heavy atom. The number of nitro groups is 1. The Morgan fingerprint density at radius 1 is 1.16 bits per heavy atom. The largest absolute Gasteiger partial charge is 0.495 e. The van der Waals surface area contributed by atoms with Gasteiger partial charge in [-0.05, 0) is 30.7 Å². The zero-order valence-electron chi connectivity index (χ0n) is 13.9. The summed E-state index contributed by atoms with van der Waals surface area (Å²) in [5.74, 6) is 0.254. The van der Waals surface area contributed by atoms with E-state index in [4.69, 9.17) is 4.74 Å². The SMILES string of the molecule is COc1ccc(C)cc1S(=O)(=O)NCCNc1ccccc1[N+](=O)[O-]. The Bertz CT molecular complexity index is 868. The summed E-state index contributed by atoms with van der Waals surface area (Å²) in [5.41, 5.74) is 1.06. The maximum atomic E-state index is 12.4. The minimum atomic E-state index is -3.76. The number of methoxy groups -OCH3 is 1. The molecule has 8 nitrogen and oxygen atoms in total. The molecule has 0 saturated heterocycles. The Morgan fingerprint density at radius 2 is 1.88 bits per heavy atom. The Labute approximate surface area is 146 Å². The monoisotopic (exact) mass is 365 g/mol. The van der Waals surface area contributed by atoms with E-state index in [0.29, 0.717) is 5.69 Å². The fraction of sp³-hybridized carbons (Fsp3) is 0.250. The highest BCUT2D eigenvalue weighted by Crippen LogP contribution is 2.25. The highest BCUT2D eigenvalue weighted by Gasteiger charge is 2.19. The second kappa shape index (κ2) is 7.95. The third-order valence-corrected chi connectivity index (χ3v) is 4.92. The molecule has 2 aromatic carbocycles. The van der Waals surface area contributed by atoms with Crippen LogP contribution in [0.25, 0.3) is 0 Å². The van der Waals surface area contributed by atoms with Crippen molar-refractivity contribution in [2.24, 2.45) is 0 Å². The Kier molecular flexibility index (Phi) is 5.94. The van der Waals surface area contributed by atoms with Gasteiger partial charge in [-0.3, -0.25) is 10.1 Å². The first-order chi connectivity index (χ1) is 11.8. The van der Waals surface area contributed by atoms with Gasteiger partial charge < -0.3 is 10.1 Å². The van der Waals surface area contributed by atoms with Crippen LogP contribution >= 0.6 is 0 Å². The van der Waals surface area contributed by atoms with Crippen molar-refractivity contribution in [3.8, 4) is 5.75 Å². The molecule has 0 aliphatic heterocycles. The van der Waals surface area contributed by atoms with Crippen LogP contribution in [0.3, 0.4) is 0 Å². The first-order valence-electron chi connectivity index (χ1n) is 7.47. The van der Waals surface area contributed by atoms with Gasteiger partial charge in [0.15, 0.2) is 0 Å². The van der Waals surface area contributed by atoms with Gasteiger partial charge in [0.05, 0.1) is 12.0 Å². The number of hydrogen-bond donors (Lipinski definition) is 2. The van der Waals surface area contributed by atoms with Crippen LogP contribution in [0.2, 0.25) is 0 Å². The molecule has 0 aliphatic carbocycles. The van der Waals surface area contributed by atoms with Gasteiger partial charge in [-0.2, -0.15) is 0 Å². The number of para-hydroxylation sites is 2. The summed E-state index contributed by atoms with van der Waals surface area (Å²) < 4.78 is 32.4. The van der Waals surface area contributed by atoms with Crippen molar-refractivity contribution in [3.63, 3.8) is 0 Å². The van der Waals surface area contributed by atoms with E-state index in [1.54, 1.807) is 37.3 Å². The maximum absolute atomic E-state index is 12.4. The quantitative estimate of drug-likeness (QED) is 0.422. The fourth-order valence-corrected chi connectivity index (χ4v) is 3.52. The number of nitro benzene ring substituents is 1. The standard InChI is InChI=1S/C16H19N3O5S/c1-12-7-8-15(24-2)16(11-12)25(22,23)18-10-9-17-13-5-3-4-6-14(13)19(20)21/h3-8,11,17-18H,9-10H2,1-2H3. The molecule has 134 valence electrons. The van der Waals surface area contributed by atoms with E-state index in [9.17, 15) is 18.5 Å². The Balaban J connectivity index is 2.02. The predicted molar refractivity (Wildman–Crippen MR) is 94.5 cm³/mol. The van der Waals surface area contributed by atoms with E-state index < -0.39 is 14.9 Å². The van der Waals surface area contributed by atoms with Gasteiger partial charge in [0.25, 0.3) is 5.69 Å². The number of benzene rings is 2. The number of nitrogens with one attached hydrogen (secondary N) is 2. The topological polar surface area (TPSA) is 111 Å². The van der Waals surface area contributed by atoms with Crippen molar-refractivity contribution in [1.82, 2.24) is 4.72 Å². The molecule has 0 bridgehead atoms. The van der Waals surface area contributed by atoms with E-state index in [-0.39, 0.29) is 29.4 Å². The van der Waals surface area contributed by atoms with Crippen molar-refractivity contribution >= 4 is 21.4 Å². The van der Waals surface area contributed by atoms with Crippen LogP contribution in [0.5, 0.6) is 5.75 Å². The molecule has 9 heteroatoms. The van der Waals surface area contributed by atoms with Gasteiger partial charge in [-0.15, -0.1) is 0 Å². The van der Waals surface area contributed by atoms with Gasteiger partial charge in [0, 0.05) is 19.2 Å². The normalized spacial score (nSPS) is 11.1. The molecule has 0 fully saturated rings. The molecule has 2 N–H and O–H groups in total. The lowest BCUT2D eigenvalue weighted by Gasteiger charge is -2.12. The average molecular weight is 365 g/mol. The molecule has 25 heavy (non-hydrogen) atoms. The molecule has 0 heterocycles. The minimum Gasteiger partial charge on any atom is -0.495 e. The molecule has 0 radical (unpaired) electrons. The summed E-state index contributed by atoms with van der Waals surface area (Å²) in [6.07, 6.45) is 0. The number of nitrogens with zero attached hydrogens (tertiary/aromatic N) is 1. The van der Waals surface area contributed by atoms with Crippen molar-refractivity contribution < 1.29 is 18.1 Å². The third kappa shape index (κ3) is 4.68. The van der Waals surface area contributed by atoms with Crippen molar-refractivity contribution in [3.05, 3.63) is 58.1 Å². The molecule has 2 rings (SSSR count). The number of sulfonamides is 1. The summed E-state index contributed by atoms with van der Waals surface area (Å²) in [6.45, 7) is 2.04. The highest BCUT2D eigenvalue weighted by molar-refractivity contribution is 7.89. The summed E-state index contributed by atoms with van der Waals surface area (Å²) in [4.78, 5) is 10.5. The molecule has 0 aromatic heterocycles. The van der Waals surface area contributed by atoms with Gasteiger partial charge in [0.2, 0.25) is 10.0 Å². The molecule has 0 amide bonds. The lowest BCUT2D eigenvalue weighted by Crippen LogP contribution is -2.29. The van der Waals surface area contributed by atoms with E-state index in [1.165, 1.54) is 19.2 Å². The van der Waals surface area contributed by atoms with Crippen LogP contribution in [0.1, 0.15) is 5.56 Å². The lowest BCUT2D eigenvalue weighted by molar-refractivity contribution is -0.384. The van der Waals surface area contributed by atoms with Crippen LogP contribution in [0.15, 0.2) is 47.4 Å². The van der Waals surface area contributed by atoms with Crippen molar-refractivity contribution in [1.29, 1.82) is 0 Å². The number of rotatable bonds is 8. The Hall–Kier alpha value is -2.65. The minimum absolute atomic E-state index is 0.0562. The van der Waals surface area contributed by atoms with Crippen LogP contribution in [-0.4, -0.2) is 33.5 Å². The molecule has 2 aromatic rings. The summed E-state index contributed by atoms with van der Waals surface area (Å²) >= 11 is 0. The van der Waals surface area contributed by atoms with Crippen molar-refractivity contribution in [2.45, 2.75) is 11.8 Å². The predicted octanol–water partition coefficient (Wildman–Crippen LogP) is 2.30. The highest BCUT2D eigenvalue weighted by atomic mass is 32.2. The zero-order valence-corrected chi connectivity index (χ0v) is 14.7. The molecule has 0 saturated carbocycles. The van der Waals surface area contributed by atoms with Gasteiger partial charge in [-0.1, -0.05) is 18.2 Å². The van der Waals surface area contributed by atoms with Crippen LogP contribution < -0.4 is 14.8 Å². The van der Waals surface area contributed by atoms with Gasteiger partial charge >= 0.3 is 0 Å². The van der Waals surface area contributed by atoms with Crippen LogP contribution in [0, 0.1) is 17.0 Å². The first kappa shape index (κ1) is 18.7. The van der Waals surface area contributed by atoms with Gasteiger partial charge in [0.1, 0.15) is 16.3 Å². The second-order valence-corrected chi connectivity index (χ2v) is 6.99. The lowest BCUT2D eigenvalue weighted by atomic mass is 10.2. The molecule has 0 spiro atoms. The molecule has 0 unspecified atom stereocenters. The number of anilines is 1. The van der Waals surface area contributed by atoms with E-state index >= 15 is 0 Å². The van der Waals surface area contributed by atoms with Gasteiger partial charge in [-0.25, -0.2) is 13.1 Å². The van der Waals surface area contributed by atoms with E-state index in [1.807, 2.05) is 0 Å². The molecular weight excluding hydrogens is 346 g/mol. The van der Waals surface area contributed by atoms with Crippen LogP contribution in [-0.2, 0) is 10.0 Å². The van der Waals surface area contributed by atoms with E-state index in [2.05, 4.69) is 10.0 Å². The molecular formula is C16H19N3O5S. The van der Waals surface area contributed by atoms with E-state index in [0.717, 1.165) is 5.56 Å². The zero-order chi connectivity index (χ0) is 18.4. The maximum Gasteiger partial charge on any atom is 0.292 e. The molecule has 0 aliphatic rings. The average Bonchev–Trinajstić information content (AvgIpc) is 2.59. The second-order valence-electron chi connectivity index (χ2n) is 5.25. The number of hydrogen-bond acceptors (Lipinski definition) is 6.